The number of pyridine rings is 1. The summed E-state index contributed by atoms with van der Waals surface area (Å²) in [4.78, 5) is 6.63. The fraction of sp³-hybridized carbons (Fsp3) is 0.500. The number of anilines is 1. The standard InChI is InChI=1S/C10H11ClN2O/c11-9-4-3-8-10(12-9)13-5-1-2-7(13)6-14-8/h3-4,7H,1-2,5-6H2/t7-/m0/s1. The second kappa shape index (κ2) is 3.02. The van der Waals surface area contributed by atoms with Gasteiger partial charge in [-0.05, 0) is 25.0 Å². The molecule has 2 aliphatic rings. The van der Waals surface area contributed by atoms with Crippen LogP contribution in [0, 0.1) is 0 Å². The van der Waals surface area contributed by atoms with Crippen molar-refractivity contribution in [3.8, 4) is 5.75 Å². The molecule has 3 rings (SSSR count). The van der Waals surface area contributed by atoms with Crippen LogP contribution in [0.5, 0.6) is 5.75 Å². The summed E-state index contributed by atoms with van der Waals surface area (Å²) in [5, 5.41) is 0.542. The lowest BCUT2D eigenvalue weighted by atomic mass is 10.2. The highest BCUT2D eigenvalue weighted by atomic mass is 35.5. The van der Waals surface area contributed by atoms with E-state index in [9.17, 15) is 0 Å². The molecule has 0 N–H and O–H groups in total. The molecule has 14 heavy (non-hydrogen) atoms. The van der Waals surface area contributed by atoms with E-state index in [1.165, 1.54) is 12.8 Å². The first-order valence-electron chi connectivity index (χ1n) is 4.90. The van der Waals surface area contributed by atoms with E-state index in [4.69, 9.17) is 16.3 Å². The zero-order valence-corrected chi connectivity index (χ0v) is 8.50. The molecule has 0 amide bonds. The van der Waals surface area contributed by atoms with E-state index in [0.29, 0.717) is 11.2 Å². The first-order chi connectivity index (χ1) is 6.84. The largest absolute Gasteiger partial charge is 0.488 e. The van der Waals surface area contributed by atoms with Crippen molar-refractivity contribution < 1.29 is 4.74 Å². The number of aromatic nitrogens is 1. The van der Waals surface area contributed by atoms with Gasteiger partial charge < -0.3 is 9.64 Å². The van der Waals surface area contributed by atoms with Gasteiger partial charge in [0.15, 0.2) is 11.6 Å². The average Bonchev–Trinajstić information content (AvgIpc) is 2.65. The van der Waals surface area contributed by atoms with E-state index >= 15 is 0 Å². The lowest BCUT2D eigenvalue weighted by Gasteiger charge is -2.32. The van der Waals surface area contributed by atoms with Crippen molar-refractivity contribution in [1.82, 2.24) is 4.98 Å². The maximum Gasteiger partial charge on any atom is 0.173 e. The zero-order valence-electron chi connectivity index (χ0n) is 7.74. The van der Waals surface area contributed by atoms with Crippen molar-refractivity contribution in [2.24, 2.45) is 0 Å². The summed E-state index contributed by atoms with van der Waals surface area (Å²) in [5.41, 5.74) is 0. The summed E-state index contributed by atoms with van der Waals surface area (Å²) in [7, 11) is 0. The van der Waals surface area contributed by atoms with Crippen LogP contribution in [0.15, 0.2) is 12.1 Å². The van der Waals surface area contributed by atoms with Crippen LogP contribution >= 0.6 is 11.6 Å². The molecule has 0 spiro atoms. The molecule has 1 aromatic heterocycles. The van der Waals surface area contributed by atoms with Crippen LogP contribution < -0.4 is 9.64 Å². The second-order valence-corrected chi connectivity index (χ2v) is 4.14. The van der Waals surface area contributed by atoms with Crippen LogP contribution in [-0.4, -0.2) is 24.2 Å². The van der Waals surface area contributed by atoms with Crippen LogP contribution in [0.1, 0.15) is 12.8 Å². The molecule has 0 aromatic carbocycles. The Bertz CT molecular complexity index is 369. The van der Waals surface area contributed by atoms with Crippen LogP contribution in [0.2, 0.25) is 5.15 Å². The fourth-order valence-electron chi connectivity index (χ4n) is 2.20. The number of halogens is 1. The molecule has 0 saturated carbocycles. The molecule has 1 aromatic rings. The van der Waals surface area contributed by atoms with Gasteiger partial charge in [-0.2, -0.15) is 0 Å². The molecule has 0 bridgehead atoms. The van der Waals surface area contributed by atoms with Crippen LogP contribution in [0.3, 0.4) is 0 Å². The van der Waals surface area contributed by atoms with E-state index in [-0.39, 0.29) is 0 Å². The summed E-state index contributed by atoms with van der Waals surface area (Å²) in [6.45, 7) is 1.87. The zero-order chi connectivity index (χ0) is 9.54. The first-order valence-corrected chi connectivity index (χ1v) is 5.28. The number of hydrogen-bond donors (Lipinski definition) is 0. The average molecular weight is 211 g/mol. The minimum Gasteiger partial charge on any atom is -0.488 e. The SMILES string of the molecule is Clc1ccc2c(n1)N1CCC[C@H]1CO2. The Kier molecular flexibility index (Phi) is 1.80. The summed E-state index contributed by atoms with van der Waals surface area (Å²) in [6, 6.07) is 4.18. The summed E-state index contributed by atoms with van der Waals surface area (Å²) in [5.74, 6) is 1.79. The summed E-state index contributed by atoms with van der Waals surface area (Å²) >= 11 is 5.87. The Morgan fingerprint density at radius 3 is 3.36 bits per heavy atom. The van der Waals surface area contributed by atoms with Gasteiger partial charge in [0, 0.05) is 6.54 Å². The molecule has 3 heterocycles. The highest BCUT2D eigenvalue weighted by Crippen LogP contribution is 2.36. The van der Waals surface area contributed by atoms with Crippen LogP contribution in [0.25, 0.3) is 0 Å². The van der Waals surface area contributed by atoms with Gasteiger partial charge in [0.2, 0.25) is 0 Å². The second-order valence-electron chi connectivity index (χ2n) is 3.76. The van der Waals surface area contributed by atoms with Gasteiger partial charge >= 0.3 is 0 Å². The third-order valence-corrected chi connectivity index (χ3v) is 3.10. The van der Waals surface area contributed by atoms with Crippen molar-refractivity contribution in [3.05, 3.63) is 17.3 Å². The third kappa shape index (κ3) is 1.16. The smallest absolute Gasteiger partial charge is 0.173 e. The van der Waals surface area contributed by atoms with E-state index in [2.05, 4.69) is 9.88 Å². The monoisotopic (exact) mass is 210 g/mol. The van der Waals surface area contributed by atoms with E-state index in [1.807, 2.05) is 6.07 Å². The Hall–Kier alpha value is -0.960. The predicted molar refractivity (Wildman–Crippen MR) is 55.1 cm³/mol. The number of fused-ring (bicyclic) bond motifs is 3. The molecule has 0 radical (unpaired) electrons. The maximum absolute atomic E-state index is 5.87. The molecule has 0 unspecified atom stereocenters. The lowest BCUT2D eigenvalue weighted by Crippen LogP contribution is -2.38. The molecule has 1 fully saturated rings. The number of hydrogen-bond acceptors (Lipinski definition) is 3. The third-order valence-electron chi connectivity index (χ3n) is 2.89. The Labute approximate surface area is 87.6 Å². The van der Waals surface area contributed by atoms with Crippen LogP contribution in [0.4, 0.5) is 5.82 Å². The fourth-order valence-corrected chi connectivity index (χ4v) is 2.35. The topological polar surface area (TPSA) is 25.4 Å². The van der Waals surface area contributed by atoms with Crippen molar-refractivity contribution in [3.63, 3.8) is 0 Å². The van der Waals surface area contributed by atoms with E-state index in [1.54, 1.807) is 6.07 Å². The number of ether oxygens (including phenoxy) is 1. The first kappa shape index (κ1) is 8.36. The molecule has 0 aliphatic carbocycles. The number of nitrogens with zero attached hydrogens (tertiary/aromatic N) is 2. The van der Waals surface area contributed by atoms with Gasteiger partial charge in [-0.15, -0.1) is 0 Å². The minimum absolute atomic E-state index is 0.508. The quantitative estimate of drug-likeness (QED) is 0.614. The minimum atomic E-state index is 0.508. The van der Waals surface area contributed by atoms with E-state index in [0.717, 1.165) is 24.7 Å². The highest BCUT2D eigenvalue weighted by Gasteiger charge is 2.32. The molecule has 2 aliphatic heterocycles. The van der Waals surface area contributed by atoms with Gasteiger partial charge in [-0.3, -0.25) is 0 Å². The summed E-state index contributed by atoms with van der Waals surface area (Å²) < 4.78 is 5.63. The Morgan fingerprint density at radius 1 is 1.50 bits per heavy atom. The van der Waals surface area contributed by atoms with Gasteiger partial charge in [-0.25, -0.2) is 4.98 Å². The van der Waals surface area contributed by atoms with Crippen molar-refractivity contribution >= 4 is 17.4 Å². The summed E-state index contributed by atoms with van der Waals surface area (Å²) in [6.07, 6.45) is 2.43. The molecule has 1 atom stereocenters. The normalized spacial score (nSPS) is 24.1. The maximum atomic E-state index is 5.87. The lowest BCUT2D eigenvalue weighted by molar-refractivity contribution is 0.270. The van der Waals surface area contributed by atoms with Crippen molar-refractivity contribution in [2.45, 2.75) is 18.9 Å². The molecule has 3 nitrogen and oxygen atoms in total. The highest BCUT2D eigenvalue weighted by molar-refractivity contribution is 6.29. The molecular weight excluding hydrogens is 200 g/mol. The van der Waals surface area contributed by atoms with Crippen molar-refractivity contribution in [1.29, 1.82) is 0 Å². The molecule has 74 valence electrons. The molecule has 4 heteroatoms. The van der Waals surface area contributed by atoms with Crippen molar-refractivity contribution in [2.75, 3.05) is 18.1 Å². The van der Waals surface area contributed by atoms with Crippen LogP contribution in [-0.2, 0) is 0 Å². The molecular formula is C10H11ClN2O. The number of rotatable bonds is 0. The Morgan fingerprint density at radius 2 is 2.43 bits per heavy atom. The Balaban J connectivity index is 2.07. The molecule has 1 saturated heterocycles. The van der Waals surface area contributed by atoms with Gasteiger partial charge in [0.25, 0.3) is 0 Å². The van der Waals surface area contributed by atoms with Gasteiger partial charge in [0.1, 0.15) is 11.8 Å². The van der Waals surface area contributed by atoms with Gasteiger partial charge in [0.05, 0.1) is 6.04 Å². The van der Waals surface area contributed by atoms with Gasteiger partial charge in [-0.1, -0.05) is 11.6 Å². The van der Waals surface area contributed by atoms with E-state index < -0.39 is 0 Å². The predicted octanol–water partition coefficient (Wildman–Crippen LogP) is 2.10.